The molecule has 1 fully saturated rings. The van der Waals surface area contributed by atoms with Crippen molar-refractivity contribution in [2.45, 2.75) is 25.8 Å². The number of fused-ring (bicyclic) bond motifs is 1. The van der Waals surface area contributed by atoms with Crippen molar-refractivity contribution < 1.29 is 0 Å². The maximum atomic E-state index is 5.19. The highest BCUT2D eigenvalue weighted by molar-refractivity contribution is 6.02. The molecule has 3 heteroatoms. The molecule has 0 amide bonds. The first kappa shape index (κ1) is 18.1. The van der Waals surface area contributed by atoms with Gasteiger partial charge in [-0.05, 0) is 60.7 Å². The summed E-state index contributed by atoms with van der Waals surface area (Å²) in [5.74, 6) is 1.17. The Morgan fingerprint density at radius 2 is 1.52 bits per heavy atom. The molecule has 29 heavy (non-hydrogen) atoms. The molecule has 2 N–H and O–H groups in total. The van der Waals surface area contributed by atoms with E-state index in [4.69, 9.17) is 4.99 Å². The minimum absolute atomic E-state index is 0.126. The monoisotopic (exact) mass is 381 g/mol. The number of hydrogen-bond donors (Lipinski definition) is 2. The zero-order valence-corrected chi connectivity index (χ0v) is 16.7. The van der Waals surface area contributed by atoms with E-state index in [2.05, 4.69) is 89.5 Å². The Morgan fingerprint density at radius 1 is 0.793 bits per heavy atom. The molecule has 0 saturated carbocycles. The molecule has 2 aliphatic heterocycles. The second-order valence-electron chi connectivity index (χ2n) is 8.18. The van der Waals surface area contributed by atoms with Crippen molar-refractivity contribution in [3.05, 3.63) is 90.0 Å². The van der Waals surface area contributed by atoms with E-state index in [1.807, 2.05) is 0 Å². The van der Waals surface area contributed by atoms with Crippen molar-refractivity contribution in [1.29, 1.82) is 0 Å². The van der Waals surface area contributed by atoms with Gasteiger partial charge < -0.3 is 10.6 Å². The molecule has 0 unspecified atom stereocenters. The van der Waals surface area contributed by atoms with Crippen LogP contribution in [-0.4, -0.2) is 18.9 Å². The summed E-state index contributed by atoms with van der Waals surface area (Å²) in [4.78, 5) is 5.19. The van der Waals surface area contributed by atoms with Crippen LogP contribution in [0.15, 0.2) is 83.9 Å². The Labute approximate surface area is 172 Å². The SMILES string of the molecule is c1ccc(-c2ccccc2CN=C2Nc3ccccc3CC23CCNCC3)cc1. The molecule has 0 aliphatic carbocycles. The molecule has 3 aromatic rings. The van der Waals surface area contributed by atoms with Crippen LogP contribution in [0.5, 0.6) is 0 Å². The fraction of sp³-hybridized carbons (Fsp3) is 0.269. The first-order valence-electron chi connectivity index (χ1n) is 10.6. The van der Waals surface area contributed by atoms with E-state index in [0.29, 0.717) is 6.54 Å². The predicted octanol–water partition coefficient (Wildman–Crippen LogP) is 5.29. The first-order valence-corrected chi connectivity index (χ1v) is 10.6. The van der Waals surface area contributed by atoms with E-state index in [9.17, 15) is 0 Å². The summed E-state index contributed by atoms with van der Waals surface area (Å²) in [5, 5.41) is 7.23. The Bertz CT molecular complexity index is 1020. The lowest BCUT2D eigenvalue weighted by atomic mass is 9.71. The van der Waals surface area contributed by atoms with Gasteiger partial charge >= 0.3 is 0 Å². The van der Waals surface area contributed by atoms with Crippen LogP contribution in [0.2, 0.25) is 0 Å². The molecule has 3 nitrogen and oxygen atoms in total. The smallest absolute Gasteiger partial charge is 0.108 e. The van der Waals surface area contributed by atoms with E-state index >= 15 is 0 Å². The Morgan fingerprint density at radius 3 is 2.38 bits per heavy atom. The zero-order valence-electron chi connectivity index (χ0n) is 16.7. The van der Waals surface area contributed by atoms with Crippen LogP contribution >= 0.6 is 0 Å². The number of anilines is 1. The van der Waals surface area contributed by atoms with E-state index in [1.165, 1.54) is 33.8 Å². The number of rotatable bonds is 3. The number of aliphatic imine (C=N–C) groups is 1. The molecule has 1 spiro atoms. The minimum atomic E-state index is 0.126. The van der Waals surface area contributed by atoms with Gasteiger partial charge in [-0.25, -0.2) is 0 Å². The Hall–Kier alpha value is -2.91. The second-order valence-corrected chi connectivity index (χ2v) is 8.18. The number of amidine groups is 1. The highest BCUT2D eigenvalue weighted by atomic mass is 15.0. The van der Waals surface area contributed by atoms with Crippen LogP contribution in [-0.2, 0) is 13.0 Å². The van der Waals surface area contributed by atoms with Gasteiger partial charge in [-0.3, -0.25) is 4.99 Å². The van der Waals surface area contributed by atoms with Gasteiger partial charge in [0.2, 0.25) is 0 Å². The fourth-order valence-electron chi connectivity index (χ4n) is 4.75. The lowest BCUT2D eigenvalue weighted by molar-refractivity contribution is 0.293. The average Bonchev–Trinajstić information content (AvgIpc) is 2.79. The van der Waals surface area contributed by atoms with Crippen LogP contribution < -0.4 is 10.6 Å². The van der Waals surface area contributed by atoms with Gasteiger partial charge in [-0.15, -0.1) is 0 Å². The van der Waals surface area contributed by atoms with Crippen molar-refractivity contribution in [2.75, 3.05) is 18.4 Å². The molecule has 5 rings (SSSR count). The lowest BCUT2D eigenvalue weighted by Crippen LogP contribution is -2.48. The summed E-state index contributed by atoms with van der Waals surface area (Å²) in [7, 11) is 0. The number of para-hydroxylation sites is 1. The standard InChI is InChI=1S/C26H27N3/c1-2-8-20(9-3-1)23-12-6-4-11-22(23)19-28-25-26(14-16-27-17-15-26)18-21-10-5-7-13-24(21)29-25/h1-13,27H,14-19H2,(H,28,29). The summed E-state index contributed by atoms with van der Waals surface area (Å²) in [6.07, 6.45) is 3.35. The van der Waals surface area contributed by atoms with Gasteiger partial charge in [-0.1, -0.05) is 72.8 Å². The van der Waals surface area contributed by atoms with Gasteiger partial charge in [0, 0.05) is 11.1 Å². The normalized spacial score (nSPS) is 19.0. The van der Waals surface area contributed by atoms with Crippen LogP contribution in [0, 0.1) is 5.41 Å². The number of hydrogen-bond acceptors (Lipinski definition) is 2. The Balaban J connectivity index is 1.50. The predicted molar refractivity (Wildman–Crippen MR) is 121 cm³/mol. The topological polar surface area (TPSA) is 36.4 Å². The maximum Gasteiger partial charge on any atom is 0.108 e. The molecule has 0 radical (unpaired) electrons. The van der Waals surface area contributed by atoms with Gasteiger partial charge in [0.1, 0.15) is 5.84 Å². The molecular weight excluding hydrogens is 354 g/mol. The lowest BCUT2D eigenvalue weighted by Gasteiger charge is -2.43. The quantitative estimate of drug-likeness (QED) is 0.647. The highest BCUT2D eigenvalue weighted by Crippen LogP contribution is 2.41. The third kappa shape index (κ3) is 3.58. The molecule has 3 aromatic carbocycles. The van der Waals surface area contributed by atoms with Gasteiger partial charge in [-0.2, -0.15) is 0 Å². The summed E-state index contributed by atoms with van der Waals surface area (Å²) >= 11 is 0. The molecular formula is C26H27N3. The fourth-order valence-corrected chi connectivity index (χ4v) is 4.75. The molecule has 0 bridgehead atoms. The van der Waals surface area contributed by atoms with Gasteiger partial charge in [0.15, 0.2) is 0 Å². The zero-order chi connectivity index (χ0) is 19.5. The molecule has 2 heterocycles. The van der Waals surface area contributed by atoms with Gasteiger partial charge in [0.25, 0.3) is 0 Å². The Kier molecular flexibility index (Phi) is 4.91. The maximum absolute atomic E-state index is 5.19. The first-order chi connectivity index (χ1) is 14.3. The van der Waals surface area contributed by atoms with E-state index < -0.39 is 0 Å². The summed E-state index contributed by atoms with van der Waals surface area (Å²) in [6, 6.07) is 27.9. The third-order valence-corrected chi connectivity index (χ3v) is 6.37. The average molecular weight is 382 g/mol. The summed E-state index contributed by atoms with van der Waals surface area (Å²) in [6.45, 7) is 2.82. The van der Waals surface area contributed by atoms with Crippen LogP contribution in [0.1, 0.15) is 24.0 Å². The summed E-state index contributed by atoms with van der Waals surface area (Å²) < 4.78 is 0. The van der Waals surface area contributed by atoms with E-state index in [1.54, 1.807) is 0 Å². The number of benzene rings is 3. The van der Waals surface area contributed by atoms with Crippen molar-refractivity contribution in [2.24, 2.45) is 10.4 Å². The molecule has 1 saturated heterocycles. The number of piperidine rings is 1. The molecule has 2 aliphatic rings. The molecule has 146 valence electrons. The minimum Gasteiger partial charge on any atom is -0.343 e. The summed E-state index contributed by atoms with van der Waals surface area (Å²) in [5.41, 5.74) is 6.55. The largest absolute Gasteiger partial charge is 0.343 e. The third-order valence-electron chi connectivity index (χ3n) is 6.37. The second kappa shape index (κ2) is 7.84. The number of nitrogens with zero attached hydrogens (tertiary/aromatic N) is 1. The number of nitrogens with one attached hydrogen (secondary N) is 2. The van der Waals surface area contributed by atoms with Gasteiger partial charge in [0.05, 0.1) is 6.54 Å². The molecule has 0 aromatic heterocycles. The molecule has 0 atom stereocenters. The van der Waals surface area contributed by atoms with Crippen molar-refractivity contribution >= 4 is 11.5 Å². The highest BCUT2D eigenvalue weighted by Gasteiger charge is 2.40. The van der Waals surface area contributed by atoms with E-state index in [0.717, 1.165) is 32.4 Å². The van der Waals surface area contributed by atoms with Crippen molar-refractivity contribution in [3.63, 3.8) is 0 Å². The van der Waals surface area contributed by atoms with Crippen molar-refractivity contribution in [1.82, 2.24) is 5.32 Å². The van der Waals surface area contributed by atoms with E-state index in [-0.39, 0.29) is 5.41 Å². The van der Waals surface area contributed by atoms with Crippen LogP contribution in [0.25, 0.3) is 11.1 Å². The van der Waals surface area contributed by atoms with Crippen LogP contribution in [0.3, 0.4) is 0 Å². The van der Waals surface area contributed by atoms with Crippen molar-refractivity contribution in [3.8, 4) is 11.1 Å². The van der Waals surface area contributed by atoms with Crippen LogP contribution in [0.4, 0.5) is 5.69 Å².